The van der Waals surface area contributed by atoms with Crippen molar-refractivity contribution in [1.82, 2.24) is 5.32 Å². The van der Waals surface area contributed by atoms with E-state index in [2.05, 4.69) is 57.0 Å². The third-order valence-electron chi connectivity index (χ3n) is 4.04. The van der Waals surface area contributed by atoms with Gasteiger partial charge in [0.25, 0.3) is 0 Å². The van der Waals surface area contributed by atoms with Gasteiger partial charge in [-0.15, -0.1) is 0 Å². The second-order valence-corrected chi connectivity index (χ2v) is 7.88. The summed E-state index contributed by atoms with van der Waals surface area (Å²) in [5.41, 5.74) is 2.97. The average molecular weight is 295 g/mol. The molecule has 2 rings (SSSR count). The molecule has 0 amide bonds. The summed E-state index contributed by atoms with van der Waals surface area (Å²) in [6, 6.07) is 6.28. The number of halogens is 1. The quantitative estimate of drug-likeness (QED) is 0.876. The number of hydrogen-bond acceptors (Lipinski definition) is 2. The van der Waals surface area contributed by atoms with Crippen molar-refractivity contribution in [1.29, 1.82) is 0 Å². The normalized spacial score (nSPS) is 18.6. The molecular weight excluding hydrogens is 268 g/mol. The molecule has 1 saturated heterocycles. The van der Waals surface area contributed by atoms with Gasteiger partial charge in [-0.05, 0) is 71.2 Å². The molecule has 0 spiro atoms. The average Bonchev–Trinajstić information content (AvgIpc) is 2.66. The predicted molar refractivity (Wildman–Crippen MR) is 88.7 cm³/mol. The molecule has 0 bridgehead atoms. The van der Waals surface area contributed by atoms with Gasteiger partial charge in [0.1, 0.15) is 0 Å². The molecule has 1 N–H and O–H groups in total. The number of nitrogens with one attached hydrogen (secondary N) is 1. The molecule has 1 aliphatic heterocycles. The lowest BCUT2D eigenvalue weighted by Crippen LogP contribution is -2.40. The minimum atomic E-state index is 0.111. The van der Waals surface area contributed by atoms with Crippen LogP contribution in [0, 0.1) is 0 Å². The van der Waals surface area contributed by atoms with E-state index in [4.69, 9.17) is 11.6 Å². The molecule has 0 atom stereocenters. The molecule has 112 valence electrons. The SMILES string of the molecule is CC(C)(C)NCc1cc(Cl)ccc1N1CCCC1(C)C. The zero-order chi connectivity index (χ0) is 15.0. The Bertz CT molecular complexity index is 474. The molecule has 1 aliphatic rings. The molecule has 20 heavy (non-hydrogen) atoms. The first-order valence-electron chi connectivity index (χ1n) is 7.50. The van der Waals surface area contributed by atoms with Gasteiger partial charge in [0.05, 0.1) is 0 Å². The van der Waals surface area contributed by atoms with E-state index >= 15 is 0 Å². The van der Waals surface area contributed by atoms with Crippen LogP contribution in [-0.4, -0.2) is 17.6 Å². The highest BCUT2D eigenvalue weighted by molar-refractivity contribution is 6.30. The summed E-state index contributed by atoms with van der Waals surface area (Å²) in [6.45, 7) is 13.2. The molecule has 0 saturated carbocycles. The summed E-state index contributed by atoms with van der Waals surface area (Å²) in [5.74, 6) is 0. The molecule has 0 aromatic heterocycles. The van der Waals surface area contributed by atoms with Gasteiger partial charge in [0, 0.05) is 34.9 Å². The van der Waals surface area contributed by atoms with Crippen LogP contribution >= 0.6 is 11.6 Å². The van der Waals surface area contributed by atoms with Crippen molar-refractivity contribution in [2.75, 3.05) is 11.4 Å². The Balaban J connectivity index is 2.28. The lowest BCUT2D eigenvalue weighted by molar-refractivity contribution is 0.423. The van der Waals surface area contributed by atoms with Gasteiger partial charge < -0.3 is 10.2 Å². The molecular formula is C17H27ClN2. The third kappa shape index (κ3) is 3.67. The highest BCUT2D eigenvalue weighted by Crippen LogP contribution is 2.36. The van der Waals surface area contributed by atoms with Crippen molar-refractivity contribution in [3.8, 4) is 0 Å². The van der Waals surface area contributed by atoms with Crippen molar-refractivity contribution in [2.24, 2.45) is 0 Å². The van der Waals surface area contributed by atoms with Crippen LogP contribution in [0.2, 0.25) is 5.02 Å². The van der Waals surface area contributed by atoms with Crippen LogP contribution in [0.5, 0.6) is 0 Å². The number of rotatable bonds is 3. The molecule has 0 aliphatic carbocycles. The predicted octanol–water partition coefficient (Wildman–Crippen LogP) is 4.61. The van der Waals surface area contributed by atoms with Crippen LogP contribution in [0.15, 0.2) is 18.2 Å². The van der Waals surface area contributed by atoms with E-state index in [-0.39, 0.29) is 11.1 Å². The Morgan fingerprint density at radius 2 is 2.00 bits per heavy atom. The molecule has 1 heterocycles. The van der Waals surface area contributed by atoms with Crippen molar-refractivity contribution in [2.45, 2.75) is 65.1 Å². The van der Waals surface area contributed by atoms with E-state index in [9.17, 15) is 0 Å². The van der Waals surface area contributed by atoms with Crippen LogP contribution < -0.4 is 10.2 Å². The van der Waals surface area contributed by atoms with Crippen molar-refractivity contribution in [3.05, 3.63) is 28.8 Å². The maximum absolute atomic E-state index is 6.20. The zero-order valence-electron chi connectivity index (χ0n) is 13.4. The first-order valence-corrected chi connectivity index (χ1v) is 7.88. The van der Waals surface area contributed by atoms with E-state index < -0.39 is 0 Å². The Morgan fingerprint density at radius 1 is 1.30 bits per heavy atom. The molecule has 0 unspecified atom stereocenters. The van der Waals surface area contributed by atoms with Crippen LogP contribution in [0.4, 0.5) is 5.69 Å². The van der Waals surface area contributed by atoms with E-state index in [1.54, 1.807) is 0 Å². The smallest absolute Gasteiger partial charge is 0.0417 e. The van der Waals surface area contributed by atoms with Crippen LogP contribution in [0.3, 0.4) is 0 Å². The van der Waals surface area contributed by atoms with E-state index in [1.807, 2.05) is 6.07 Å². The Hall–Kier alpha value is -0.730. The summed E-state index contributed by atoms with van der Waals surface area (Å²) >= 11 is 6.20. The minimum absolute atomic E-state index is 0.111. The highest BCUT2D eigenvalue weighted by Gasteiger charge is 2.33. The summed E-state index contributed by atoms with van der Waals surface area (Å²) in [4.78, 5) is 2.53. The molecule has 1 fully saturated rings. The molecule has 1 aromatic rings. The van der Waals surface area contributed by atoms with E-state index in [1.165, 1.54) is 24.1 Å². The summed E-state index contributed by atoms with van der Waals surface area (Å²) in [5, 5.41) is 4.39. The minimum Gasteiger partial charge on any atom is -0.366 e. The van der Waals surface area contributed by atoms with Gasteiger partial charge in [-0.1, -0.05) is 11.6 Å². The van der Waals surface area contributed by atoms with Crippen LogP contribution in [0.1, 0.15) is 53.0 Å². The molecule has 1 aromatic carbocycles. The zero-order valence-corrected chi connectivity index (χ0v) is 14.1. The fourth-order valence-electron chi connectivity index (χ4n) is 2.87. The molecule has 3 heteroatoms. The van der Waals surface area contributed by atoms with E-state index in [0.29, 0.717) is 0 Å². The summed E-state index contributed by atoms with van der Waals surface area (Å²) in [6.07, 6.45) is 2.52. The third-order valence-corrected chi connectivity index (χ3v) is 4.28. The van der Waals surface area contributed by atoms with Gasteiger partial charge >= 0.3 is 0 Å². The highest BCUT2D eigenvalue weighted by atomic mass is 35.5. The monoisotopic (exact) mass is 294 g/mol. The number of benzene rings is 1. The lowest BCUT2D eigenvalue weighted by atomic mass is 10.00. The van der Waals surface area contributed by atoms with Crippen molar-refractivity contribution < 1.29 is 0 Å². The largest absolute Gasteiger partial charge is 0.366 e. The fraction of sp³-hybridized carbons (Fsp3) is 0.647. The second-order valence-electron chi connectivity index (χ2n) is 7.44. The van der Waals surface area contributed by atoms with Gasteiger partial charge in [-0.25, -0.2) is 0 Å². The van der Waals surface area contributed by atoms with Gasteiger partial charge in [0.2, 0.25) is 0 Å². The Morgan fingerprint density at radius 3 is 2.55 bits per heavy atom. The summed E-state index contributed by atoms with van der Waals surface area (Å²) in [7, 11) is 0. The van der Waals surface area contributed by atoms with Gasteiger partial charge in [0.15, 0.2) is 0 Å². The van der Waals surface area contributed by atoms with Gasteiger partial charge in [-0.2, -0.15) is 0 Å². The lowest BCUT2D eigenvalue weighted by Gasteiger charge is -2.35. The van der Waals surface area contributed by atoms with Gasteiger partial charge in [-0.3, -0.25) is 0 Å². The number of hydrogen-bond donors (Lipinski definition) is 1. The first kappa shape index (κ1) is 15.7. The standard InChI is InChI=1S/C17H27ClN2/c1-16(2,3)19-12-13-11-14(18)7-8-15(13)20-10-6-9-17(20,4)5/h7-8,11,19H,6,9-10,12H2,1-5H3. The second kappa shape index (κ2) is 5.57. The first-order chi connectivity index (χ1) is 9.19. The number of anilines is 1. The molecule has 2 nitrogen and oxygen atoms in total. The Labute approximate surface area is 128 Å². The topological polar surface area (TPSA) is 15.3 Å². The molecule has 0 radical (unpaired) electrons. The van der Waals surface area contributed by atoms with Crippen LogP contribution in [0.25, 0.3) is 0 Å². The van der Waals surface area contributed by atoms with Crippen molar-refractivity contribution >= 4 is 17.3 Å². The maximum Gasteiger partial charge on any atom is 0.0417 e. The summed E-state index contributed by atoms with van der Waals surface area (Å²) < 4.78 is 0. The maximum atomic E-state index is 6.20. The van der Waals surface area contributed by atoms with E-state index in [0.717, 1.165) is 18.1 Å². The number of nitrogens with zero attached hydrogens (tertiary/aromatic N) is 1. The van der Waals surface area contributed by atoms with Crippen LogP contribution in [-0.2, 0) is 6.54 Å². The van der Waals surface area contributed by atoms with Crippen molar-refractivity contribution in [3.63, 3.8) is 0 Å². The fourth-order valence-corrected chi connectivity index (χ4v) is 3.07. The Kier molecular flexibility index (Phi) is 4.36.